The molecule has 1 aromatic carbocycles. The Morgan fingerprint density at radius 3 is 2.83 bits per heavy atom. The van der Waals surface area contributed by atoms with Crippen LogP contribution in [0.25, 0.3) is 0 Å². The van der Waals surface area contributed by atoms with Gasteiger partial charge in [0.25, 0.3) is 5.88 Å². The van der Waals surface area contributed by atoms with Gasteiger partial charge >= 0.3 is 0 Å². The van der Waals surface area contributed by atoms with Gasteiger partial charge in [0, 0.05) is 18.7 Å². The van der Waals surface area contributed by atoms with Gasteiger partial charge in [0.1, 0.15) is 0 Å². The molecule has 128 valence electrons. The normalized spacial score (nSPS) is 20.5. The quantitative estimate of drug-likeness (QED) is 0.843. The number of hydrogen-bond acceptors (Lipinski definition) is 4. The zero-order chi connectivity index (χ0) is 16.6. The van der Waals surface area contributed by atoms with Gasteiger partial charge in [0.05, 0.1) is 13.2 Å². The number of nitrogens with zero attached hydrogens (tertiary/aromatic N) is 1. The fourth-order valence-corrected chi connectivity index (χ4v) is 3.23. The summed E-state index contributed by atoms with van der Waals surface area (Å²) in [5, 5.41) is 3.49. The lowest BCUT2D eigenvalue weighted by molar-refractivity contribution is 0.186. The largest absolute Gasteiger partial charge is 0.488 e. The number of piperidine rings is 1. The Morgan fingerprint density at radius 1 is 1.12 bits per heavy atom. The monoisotopic (exact) mass is 326 g/mol. The highest BCUT2D eigenvalue weighted by molar-refractivity contribution is 5.32. The molecule has 1 fully saturated rings. The highest BCUT2D eigenvalue weighted by Gasteiger charge is 2.27. The zero-order valence-electron chi connectivity index (χ0n) is 14.3. The summed E-state index contributed by atoms with van der Waals surface area (Å²) in [4.78, 5) is 4.29. The second-order valence-corrected chi connectivity index (χ2v) is 6.24. The summed E-state index contributed by atoms with van der Waals surface area (Å²) in [6.07, 6.45) is 3.84. The van der Waals surface area contributed by atoms with Crippen molar-refractivity contribution in [1.29, 1.82) is 0 Å². The minimum absolute atomic E-state index is 0.445. The van der Waals surface area contributed by atoms with E-state index in [0.29, 0.717) is 30.9 Å². The Balaban J connectivity index is 1.66. The van der Waals surface area contributed by atoms with Crippen molar-refractivity contribution in [2.24, 2.45) is 5.92 Å². The van der Waals surface area contributed by atoms with Gasteiger partial charge in [-0.1, -0.05) is 37.3 Å². The van der Waals surface area contributed by atoms with Crippen molar-refractivity contribution in [1.82, 2.24) is 10.3 Å². The molecule has 4 heteroatoms. The predicted octanol–water partition coefficient (Wildman–Crippen LogP) is 3.64. The molecule has 0 unspecified atom stereocenters. The van der Waals surface area contributed by atoms with Crippen LogP contribution in [0.1, 0.15) is 31.2 Å². The van der Waals surface area contributed by atoms with Crippen LogP contribution in [0.3, 0.4) is 0 Å². The number of pyridine rings is 1. The Labute approximate surface area is 144 Å². The summed E-state index contributed by atoms with van der Waals surface area (Å²) in [7, 11) is 0. The number of nitrogens with one attached hydrogen (secondary N) is 1. The van der Waals surface area contributed by atoms with Crippen molar-refractivity contribution in [3.05, 3.63) is 54.2 Å². The third kappa shape index (κ3) is 4.26. The van der Waals surface area contributed by atoms with Crippen molar-refractivity contribution in [2.75, 3.05) is 26.3 Å². The smallest absolute Gasteiger partial charge is 0.256 e. The molecule has 0 spiro atoms. The van der Waals surface area contributed by atoms with E-state index < -0.39 is 0 Å². The molecule has 1 aliphatic heterocycles. The van der Waals surface area contributed by atoms with E-state index in [1.807, 2.05) is 12.1 Å². The van der Waals surface area contributed by atoms with Crippen molar-refractivity contribution in [2.45, 2.75) is 25.7 Å². The number of rotatable bonds is 7. The van der Waals surface area contributed by atoms with Gasteiger partial charge < -0.3 is 14.8 Å². The van der Waals surface area contributed by atoms with Crippen LogP contribution in [0.5, 0.6) is 11.6 Å². The van der Waals surface area contributed by atoms with E-state index >= 15 is 0 Å². The van der Waals surface area contributed by atoms with Crippen molar-refractivity contribution < 1.29 is 9.47 Å². The third-order valence-corrected chi connectivity index (χ3v) is 4.47. The molecular formula is C20H26N2O2. The van der Waals surface area contributed by atoms with Crippen molar-refractivity contribution >= 4 is 0 Å². The van der Waals surface area contributed by atoms with Crippen molar-refractivity contribution in [3.8, 4) is 11.6 Å². The third-order valence-electron chi connectivity index (χ3n) is 4.47. The molecular weight excluding hydrogens is 300 g/mol. The van der Waals surface area contributed by atoms with E-state index in [1.165, 1.54) is 5.56 Å². The van der Waals surface area contributed by atoms with Gasteiger partial charge in [-0.05, 0) is 43.0 Å². The highest BCUT2D eigenvalue weighted by atomic mass is 16.5. The summed E-state index contributed by atoms with van der Waals surface area (Å²) < 4.78 is 11.8. The van der Waals surface area contributed by atoms with E-state index in [-0.39, 0.29) is 0 Å². The average molecular weight is 326 g/mol. The minimum Gasteiger partial charge on any atom is -0.488 e. The maximum absolute atomic E-state index is 6.10. The second-order valence-electron chi connectivity index (χ2n) is 6.24. The molecule has 24 heavy (non-hydrogen) atoms. The van der Waals surface area contributed by atoms with Crippen LogP contribution >= 0.6 is 0 Å². The summed E-state index contributed by atoms with van der Waals surface area (Å²) in [6.45, 7) is 5.45. The zero-order valence-corrected chi connectivity index (χ0v) is 14.3. The molecule has 0 saturated carbocycles. The molecule has 0 bridgehead atoms. The Hall–Kier alpha value is -2.07. The Kier molecular flexibility index (Phi) is 6.07. The van der Waals surface area contributed by atoms with Gasteiger partial charge in [0.2, 0.25) is 0 Å². The van der Waals surface area contributed by atoms with Gasteiger partial charge in [-0.3, -0.25) is 0 Å². The molecule has 1 N–H and O–H groups in total. The highest BCUT2D eigenvalue weighted by Crippen LogP contribution is 2.32. The number of hydrogen-bond donors (Lipinski definition) is 1. The molecule has 4 nitrogen and oxygen atoms in total. The number of ether oxygens (including phenoxy) is 2. The van der Waals surface area contributed by atoms with Crippen LogP contribution < -0.4 is 14.8 Å². The lowest BCUT2D eigenvalue weighted by atomic mass is 9.81. The van der Waals surface area contributed by atoms with E-state index in [2.05, 4.69) is 47.6 Å². The maximum atomic E-state index is 6.10. The molecule has 0 radical (unpaired) electrons. The number of aromatic nitrogens is 1. The maximum Gasteiger partial charge on any atom is 0.256 e. The molecule has 0 aliphatic carbocycles. The van der Waals surface area contributed by atoms with Crippen molar-refractivity contribution in [3.63, 3.8) is 0 Å². The second kappa shape index (κ2) is 8.69. The molecule has 1 saturated heterocycles. The first-order valence-electron chi connectivity index (χ1n) is 8.84. The van der Waals surface area contributed by atoms with Crippen LogP contribution in [0.2, 0.25) is 0 Å². The summed E-state index contributed by atoms with van der Waals surface area (Å²) in [6, 6.07) is 14.6. The SMILES string of the molecule is CCCOc1ncccc1OC[C@H]1CNCC[C@@H]1c1ccccc1. The molecule has 0 amide bonds. The topological polar surface area (TPSA) is 43.4 Å². The van der Waals surface area contributed by atoms with E-state index in [1.54, 1.807) is 6.20 Å². The van der Waals surface area contributed by atoms with E-state index in [4.69, 9.17) is 9.47 Å². The lowest BCUT2D eigenvalue weighted by Crippen LogP contribution is -2.38. The summed E-state index contributed by atoms with van der Waals surface area (Å²) >= 11 is 0. The first-order valence-corrected chi connectivity index (χ1v) is 8.84. The molecule has 3 rings (SSSR count). The minimum atomic E-state index is 0.445. The lowest BCUT2D eigenvalue weighted by Gasteiger charge is -2.32. The Morgan fingerprint density at radius 2 is 2.00 bits per heavy atom. The fourth-order valence-electron chi connectivity index (χ4n) is 3.23. The molecule has 2 heterocycles. The molecule has 1 aromatic heterocycles. The van der Waals surface area contributed by atoms with Crippen LogP contribution in [-0.4, -0.2) is 31.3 Å². The van der Waals surface area contributed by atoms with Gasteiger partial charge in [-0.2, -0.15) is 0 Å². The van der Waals surface area contributed by atoms with E-state index in [9.17, 15) is 0 Å². The molecule has 2 atom stereocenters. The van der Waals surface area contributed by atoms with E-state index in [0.717, 1.165) is 31.7 Å². The molecule has 2 aromatic rings. The van der Waals surface area contributed by atoms with Gasteiger partial charge in [-0.25, -0.2) is 4.98 Å². The molecule has 1 aliphatic rings. The first-order chi connectivity index (χ1) is 11.9. The first kappa shape index (κ1) is 16.8. The standard InChI is InChI=1S/C20H26N2O2/c1-2-13-23-20-19(9-6-11-22-20)24-15-17-14-21-12-10-18(17)16-7-4-3-5-8-16/h3-9,11,17-18,21H,2,10,12-15H2,1H3/t17-,18-/m1/s1. The summed E-state index contributed by atoms with van der Waals surface area (Å²) in [5.41, 5.74) is 1.40. The van der Waals surface area contributed by atoms with Crippen LogP contribution in [0, 0.1) is 5.92 Å². The van der Waals surface area contributed by atoms with Gasteiger partial charge in [0.15, 0.2) is 5.75 Å². The predicted molar refractivity (Wildman–Crippen MR) is 95.7 cm³/mol. The fraction of sp³-hybridized carbons (Fsp3) is 0.450. The van der Waals surface area contributed by atoms with Crippen LogP contribution in [0.15, 0.2) is 48.7 Å². The van der Waals surface area contributed by atoms with Crippen LogP contribution in [0.4, 0.5) is 0 Å². The summed E-state index contributed by atoms with van der Waals surface area (Å²) in [5.74, 6) is 2.31. The average Bonchev–Trinajstić information content (AvgIpc) is 2.66. The van der Waals surface area contributed by atoms with Crippen LogP contribution in [-0.2, 0) is 0 Å². The Bertz CT molecular complexity index is 618. The number of benzene rings is 1. The van der Waals surface area contributed by atoms with Gasteiger partial charge in [-0.15, -0.1) is 0 Å².